The Hall–Kier alpha value is -3.94. The predicted molar refractivity (Wildman–Crippen MR) is 103 cm³/mol. The molecule has 2 aromatic carbocycles. The van der Waals surface area contributed by atoms with Gasteiger partial charge in [0.05, 0.1) is 12.5 Å². The molecular formula is C21H16N2O6. The van der Waals surface area contributed by atoms with Gasteiger partial charge in [-0.1, -0.05) is 16.8 Å². The highest BCUT2D eigenvalue weighted by Gasteiger charge is 2.16. The van der Waals surface area contributed by atoms with Gasteiger partial charge in [-0.2, -0.15) is 4.98 Å². The molecule has 0 fully saturated rings. The maximum atomic E-state index is 12.3. The van der Waals surface area contributed by atoms with Gasteiger partial charge in [0, 0.05) is 11.6 Å². The Morgan fingerprint density at radius 3 is 2.66 bits per heavy atom. The summed E-state index contributed by atoms with van der Waals surface area (Å²) in [5, 5.41) is 4.27. The SMILES string of the molecule is COc1ccc(-c2noc(COC(=O)c3cc(=O)c4cc(C)ccc4o3)n2)cc1. The third-order valence-corrected chi connectivity index (χ3v) is 4.23. The second-order valence-electron chi connectivity index (χ2n) is 6.29. The van der Waals surface area contributed by atoms with Crippen molar-refractivity contribution in [3.63, 3.8) is 0 Å². The van der Waals surface area contributed by atoms with Gasteiger partial charge in [0.15, 0.2) is 12.0 Å². The largest absolute Gasteiger partial charge is 0.497 e. The number of aryl methyl sites for hydroxylation is 1. The van der Waals surface area contributed by atoms with Crippen LogP contribution in [0.4, 0.5) is 0 Å². The second kappa shape index (κ2) is 7.59. The molecule has 0 bridgehead atoms. The van der Waals surface area contributed by atoms with Gasteiger partial charge in [-0.15, -0.1) is 0 Å². The van der Waals surface area contributed by atoms with Crippen LogP contribution in [0.15, 0.2) is 62.3 Å². The monoisotopic (exact) mass is 392 g/mol. The molecule has 0 aliphatic heterocycles. The lowest BCUT2D eigenvalue weighted by Gasteiger charge is -2.03. The molecule has 4 rings (SSSR count). The number of hydrogen-bond donors (Lipinski definition) is 0. The van der Waals surface area contributed by atoms with E-state index < -0.39 is 5.97 Å². The zero-order chi connectivity index (χ0) is 20.4. The number of fused-ring (bicyclic) bond motifs is 1. The molecule has 0 N–H and O–H groups in total. The van der Waals surface area contributed by atoms with Crippen molar-refractivity contribution in [2.75, 3.05) is 7.11 Å². The Bertz CT molecular complexity index is 1240. The fourth-order valence-electron chi connectivity index (χ4n) is 2.74. The summed E-state index contributed by atoms with van der Waals surface area (Å²) >= 11 is 0. The third-order valence-electron chi connectivity index (χ3n) is 4.23. The summed E-state index contributed by atoms with van der Waals surface area (Å²) in [4.78, 5) is 28.7. The van der Waals surface area contributed by atoms with E-state index in [1.807, 2.05) is 6.92 Å². The first kappa shape index (κ1) is 18.4. The predicted octanol–water partition coefficient (Wildman–Crippen LogP) is 3.52. The minimum atomic E-state index is -0.797. The van der Waals surface area contributed by atoms with E-state index in [0.29, 0.717) is 22.5 Å². The zero-order valence-corrected chi connectivity index (χ0v) is 15.7. The minimum Gasteiger partial charge on any atom is -0.497 e. The van der Waals surface area contributed by atoms with E-state index in [-0.39, 0.29) is 23.7 Å². The highest BCUT2D eigenvalue weighted by atomic mass is 16.6. The molecule has 0 radical (unpaired) electrons. The lowest BCUT2D eigenvalue weighted by Crippen LogP contribution is -2.10. The number of aromatic nitrogens is 2. The molecule has 0 aliphatic carbocycles. The van der Waals surface area contributed by atoms with Gasteiger partial charge in [0.2, 0.25) is 11.6 Å². The minimum absolute atomic E-state index is 0.114. The molecule has 0 amide bonds. The van der Waals surface area contributed by atoms with Crippen LogP contribution >= 0.6 is 0 Å². The van der Waals surface area contributed by atoms with E-state index in [1.54, 1.807) is 49.6 Å². The van der Waals surface area contributed by atoms with E-state index >= 15 is 0 Å². The van der Waals surface area contributed by atoms with Crippen molar-refractivity contribution < 1.29 is 23.2 Å². The Morgan fingerprint density at radius 1 is 1.10 bits per heavy atom. The van der Waals surface area contributed by atoms with Crippen molar-refractivity contribution >= 4 is 16.9 Å². The van der Waals surface area contributed by atoms with Crippen molar-refractivity contribution in [2.45, 2.75) is 13.5 Å². The summed E-state index contributed by atoms with van der Waals surface area (Å²) < 4.78 is 20.8. The van der Waals surface area contributed by atoms with Crippen molar-refractivity contribution in [3.05, 3.63) is 76.0 Å². The quantitative estimate of drug-likeness (QED) is 0.475. The number of hydrogen-bond acceptors (Lipinski definition) is 8. The molecule has 0 unspecified atom stereocenters. The van der Waals surface area contributed by atoms with Crippen LogP contribution in [0, 0.1) is 6.92 Å². The fourth-order valence-corrected chi connectivity index (χ4v) is 2.74. The summed E-state index contributed by atoms with van der Waals surface area (Å²) in [6.45, 7) is 1.61. The van der Waals surface area contributed by atoms with E-state index in [4.69, 9.17) is 18.4 Å². The Balaban J connectivity index is 1.47. The van der Waals surface area contributed by atoms with Crippen LogP contribution in [-0.2, 0) is 11.3 Å². The highest BCUT2D eigenvalue weighted by molar-refractivity contribution is 5.89. The van der Waals surface area contributed by atoms with Gasteiger partial charge < -0.3 is 18.4 Å². The number of carbonyl (C=O) groups is 1. The molecule has 8 nitrogen and oxygen atoms in total. The van der Waals surface area contributed by atoms with Crippen LogP contribution in [0.25, 0.3) is 22.4 Å². The lowest BCUT2D eigenvalue weighted by molar-refractivity contribution is 0.0394. The van der Waals surface area contributed by atoms with Crippen LogP contribution in [-0.4, -0.2) is 23.2 Å². The van der Waals surface area contributed by atoms with E-state index in [0.717, 1.165) is 17.2 Å². The molecule has 0 saturated carbocycles. The van der Waals surface area contributed by atoms with Crippen molar-refractivity contribution in [1.29, 1.82) is 0 Å². The first-order valence-electron chi connectivity index (χ1n) is 8.72. The molecule has 2 aromatic heterocycles. The molecule has 0 spiro atoms. The van der Waals surface area contributed by atoms with Crippen molar-refractivity contribution in [3.8, 4) is 17.1 Å². The van der Waals surface area contributed by atoms with Crippen molar-refractivity contribution in [2.24, 2.45) is 0 Å². The third kappa shape index (κ3) is 3.86. The molecular weight excluding hydrogens is 376 g/mol. The van der Waals surface area contributed by atoms with Gasteiger partial charge >= 0.3 is 5.97 Å². The number of esters is 1. The normalized spacial score (nSPS) is 10.8. The molecule has 8 heteroatoms. The van der Waals surface area contributed by atoms with Gasteiger partial charge in [-0.25, -0.2) is 4.79 Å². The van der Waals surface area contributed by atoms with E-state index in [1.165, 1.54) is 0 Å². The first-order valence-corrected chi connectivity index (χ1v) is 8.72. The Kier molecular flexibility index (Phi) is 4.82. The lowest BCUT2D eigenvalue weighted by atomic mass is 10.1. The van der Waals surface area contributed by atoms with Crippen LogP contribution in [0.1, 0.15) is 22.0 Å². The molecule has 0 aliphatic rings. The molecule has 146 valence electrons. The van der Waals surface area contributed by atoms with Gasteiger partial charge in [-0.05, 0) is 43.3 Å². The summed E-state index contributed by atoms with van der Waals surface area (Å²) in [6.07, 6.45) is 0. The molecule has 4 aromatic rings. The summed E-state index contributed by atoms with van der Waals surface area (Å²) in [6, 6.07) is 13.4. The number of methoxy groups -OCH3 is 1. The summed E-state index contributed by atoms with van der Waals surface area (Å²) in [7, 11) is 1.58. The number of rotatable bonds is 5. The molecule has 0 atom stereocenters. The summed E-state index contributed by atoms with van der Waals surface area (Å²) in [5.74, 6) is 0.183. The Labute approximate surface area is 164 Å². The highest BCUT2D eigenvalue weighted by Crippen LogP contribution is 2.20. The first-order chi connectivity index (χ1) is 14.0. The average Bonchev–Trinajstić information content (AvgIpc) is 3.21. The van der Waals surface area contributed by atoms with Gasteiger partial charge in [0.1, 0.15) is 11.3 Å². The van der Waals surface area contributed by atoms with E-state index in [9.17, 15) is 9.59 Å². The smallest absolute Gasteiger partial charge is 0.374 e. The number of nitrogens with zero attached hydrogens (tertiary/aromatic N) is 2. The maximum absolute atomic E-state index is 12.3. The van der Waals surface area contributed by atoms with Gasteiger partial charge in [-0.3, -0.25) is 4.79 Å². The maximum Gasteiger partial charge on any atom is 0.374 e. The summed E-state index contributed by atoms with van der Waals surface area (Å²) in [5.41, 5.74) is 1.64. The fraction of sp³-hybridized carbons (Fsp3) is 0.143. The van der Waals surface area contributed by atoms with Crippen LogP contribution in [0.3, 0.4) is 0 Å². The Morgan fingerprint density at radius 2 is 1.90 bits per heavy atom. The number of carbonyl (C=O) groups excluding carboxylic acids is 1. The van der Waals surface area contributed by atoms with Gasteiger partial charge in [0.25, 0.3) is 5.89 Å². The molecule has 0 saturated heterocycles. The van der Waals surface area contributed by atoms with Crippen molar-refractivity contribution in [1.82, 2.24) is 10.1 Å². The average molecular weight is 392 g/mol. The standard InChI is InChI=1S/C21H16N2O6/c1-12-3-8-17-15(9-12)16(24)10-18(28-17)21(25)27-11-19-22-20(23-29-19)13-4-6-14(26-2)7-5-13/h3-10H,11H2,1-2H3. The second-order valence-corrected chi connectivity index (χ2v) is 6.29. The number of benzene rings is 2. The van der Waals surface area contributed by atoms with Crippen LogP contribution < -0.4 is 10.2 Å². The number of ether oxygens (including phenoxy) is 2. The van der Waals surface area contributed by atoms with Crippen LogP contribution in [0.5, 0.6) is 5.75 Å². The topological polar surface area (TPSA) is 105 Å². The van der Waals surface area contributed by atoms with Crippen LogP contribution in [0.2, 0.25) is 0 Å². The molecule has 29 heavy (non-hydrogen) atoms. The van der Waals surface area contributed by atoms with E-state index in [2.05, 4.69) is 10.1 Å². The zero-order valence-electron chi connectivity index (χ0n) is 15.7. The molecule has 2 heterocycles.